The highest BCUT2D eigenvalue weighted by atomic mass is 16.5. The van der Waals surface area contributed by atoms with E-state index in [1.54, 1.807) is 0 Å². The Morgan fingerprint density at radius 2 is 2.15 bits per heavy atom. The third-order valence-corrected chi connectivity index (χ3v) is 3.37. The fraction of sp³-hybridized carbons (Fsp3) is 0.750. The summed E-state index contributed by atoms with van der Waals surface area (Å²) in [5, 5.41) is 13.8. The van der Waals surface area contributed by atoms with Crippen molar-refractivity contribution < 1.29 is 24.2 Å². The molecule has 1 fully saturated rings. The highest BCUT2D eigenvalue weighted by molar-refractivity contribution is 5.86. The topological polar surface area (TPSA) is 108 Å². The van der Waals surface area contributed by atoms with Crippen LogP contribution in [-0.2, 0) is 14.3 Å². The van der Waals surface area contributed by atoms with Gasteiger partial charge in [0.1, 0.15) is 6.04 Å². The molecule has 2 amide bonds. The predicted molar refractivity (Wildman–Crippen MR) is 70.2 cm³/mol. The lowest BCUT2D eigenvalue weighted by Gasteiger charge is -2.20. The Labute approximate surface area is 117 Å². The van der Waals surface area contributed by atoms with Gasteiger partial charge in [-0.2, -0.15) is 0 Å². The van der Waals surface area contributed by atoms with Crippen molar-refractivity contribution in [3.05, 3.63) is 0 Å². The second kappa shape index (κ2) is 7.68. The summed E-state index contributed by atoms with van der Waals surface area (Å²) in [6.45, 7) is 1.45. The summed E-state index contributed by atoms with van der Waals surface area (Å²) in [6, 6.07) is -1.62. The van der Waals surface area contributed by atoms with Gasteiger partial charge in [-0.25, -0.2) is 9.59 Å². The lowest BCUT2D eigenvalue weighted by atomic mass is 10.2. The van der Waals surface area contributed by atoms with Crippen molar-refractivity contribution in [3.63, 3.8) is 0 Å². The number of nitrogens with zero attached hydrogens (tertiary/aromatic N) is 1. The van der Waals surface area contributed by atoms with Crippen molar-refractivity contribution in [2.45, 2.75) is 31.3 Å². The molecule has 0 radical (unpaired) electrons. The lowest BCUT2D eigenvalue weighted by molar-refractivity contribution is -0.147. The van der Waals surface area contributed by atoms with Crippen LogP contribution in [0.5, 0.6) is 0 Å². The molecule has 114 valence electrons. The minimum absolute atomic E-state index is 0.268. The average molecular weight is 287 g/mol. The Bertz CT molecular complexity index is 374. The van der Waals surface area contributed by atoms with Crippen molar-refractivity contribution >= 4 is 18.0 Å². The molecule has 1 aliphatic rings. The number of carboxylic acids is 1. The maximum absolute atomic E-state index is 11.6. The van der Waals surface area contributed by atoms with Gasteiger partial charge in [0.25, 0.3) is 0 Å². The van der Waals surface area contributed by atoms with Gasteiger partial charge in [0.2, 0.25) is 0 Å². The number of carbonyl (C=O) groups is 3. The van der Waals surface area contributed by atoms with E-state index in [1.807, 2.05) is 7.05 Å². The molecule has 2 atom stereocenters. The van der Waals surface area contributed by atoms with E-state index in [1.165, 1.54) is 0 Å². The molecule has 0 saturated carbocycles. The van der Waals surface area contributed by atoms with E-state index in [0.29, 0.717) is 6.54 Å². The van der Waals surface area contributed by atoms with Crippen LogP contribution in [0, 0.1) is 0 Å². The molecule has 0 bridgehead atoms. The molecule has 0 aromatic heterocycles. The van der Waals surface area contributed by atoms with Crippen molar-refractivity contribution in [3.8, 4) is 0 Å². The molecule has 3 N–H and O–H groups in total. The zero-order valence-corrected chi connectivity index (χ0v) is 11.7. The van der Waals surface area contributed by atoms with Crippen molar-refractivity contribution in [2.75, 3.05) is 27.2 Å². The molecular formula is C12H21N3O5. The van der Waals surface area contributed by atoms with E-state index in [2.05, 4.69) is 20.3 Å². The van der Waals surface area contributed by atoms with Gasteiger partial charge in [-0.1, -0.05) is 0 Å². The van der Waals surface area contributed by atoms with E-state index in [-0.39, 0.29) is 6.04 Å². The Kier molecular flexibility index (Phi) is 6.23. The highest BCUT2D eigenvalue weighted by Gasteiger charge is 2.25. The number of esters is 1. The summed E-state index contributed by atoms with van der Waals surface area (Å²) in [5.74, 6) is -1.96. The van der Waals surface area contributed by atoms with Crippen LogP contribution in [0.3, 0.4) is 0 Å². The molecule has 0 aliphatic carbocycles. The number of urea groups is 1. The number of ether oxygens (including phenoxy) is 1. The number of hydrogen-bond acceptors (Lipinski definition) is 5. The Balaban J connectivity index is 2.37. The first-order chi connectivity index (χ1) is 9.43. The third kappa shape index (κ3) is 5.04. The quantitative estimate of drug-likeness (QED) is 0.563. The Morgan fingerprint density at radius 1 is 1.45 bits per heavy atom. The number of carboxylic acid groups (broad SMARTS) is 1. The van der Waals surface area contributed by atoms with Crippen LogP contribution in [0.15, 0.2) is 0 Å². The zero-order chi connectivity index (χ0) is 15.1. The van der Waals surface area contributed by atoms with Crippen molar-refractivity contribution in [1.29, 1.82) is 0 Å². The number of likely N-dealkylation sites (tertiary alicyclic amines) is 1. The van der Waals surface area contributed by atoms with Crippen LogP contribution < -0.4 is 10.6 Å². The fourth-order valence-corrected chi connectivity index (χ4v) is 2.11. The highest BCUT2D eigenvalue weighted by Crippen LogP contribution is 2.13. The number of carbonyl (C=O) groups excluding carboxylic acids is 2. The van der Waals surface area contributed by atoms with E-state index in [4.69, 9.17) is 5.11 Å². The summed E-state index contributed by atoms with van der Waals surface area (Å²) in [7, 11) is 3.14. The lowest BCUT2D eigenvalue weighted by Crippen LogP contribution is -2.49. The molecule has 1 aliphatic heterocycles. The number of hydrogen-bond donors (Lipinski definition) is 3. The van der Waals surface area contributed by atoms with Crippen LogP contribution in [0.25, 0.3) is 0 Å². The SMILES string of the molecule is COC(=O)C[C@H](NC(=O)NCC1CCCN1C)C(=O)O. The maximum atomic E-state index is 11.6. The van der Waals surface area contributed by atoms with E-state index in [9.17, 15) is 14.4 Å². The summed E-state index contributed by atoms with van der Waals surface area (Å²) >= 11 is 0. The first-order valence-electron chi connectivity index (χ1n) is 6.48. The second-order valence-corrected chi connectivity index (χ2v) is 4.80. The van der Waals surface area contributed by atoms with E-state index >= 15 is 0 Å². The molecule has 0 spiro atoms. The summed E-state index contributed by atoms with van der Waals surface area (Å²) in [5.41, 5.74) is 0. The number of methoxy groups -OCH3 is 1. The van der Waals surface area contributed by atoms with Crippen LogP contribution in [-0.4, -0.2) is 67.3 Å². The first kappa shape index (κ1) is 16.2. The van der Waals surface area contributed by atoms with Gasteiger partial charge in [0.15, 0.2) is 0 Å². The summed E-state index contributed by atoms with van der Waals surface area (Å²) in [6.07, 6.45) is 1.69. The molecular weight excluding hydrogens is 266 g/mol. The molecule has 1 saturated heterocycles. The first-order valence-corrected chi connectivity index (χ1v) is 6.48. The van der Waals surface area contributed by atoms with Crippen LogP contribution in [0.4, 0.5) is 4.79 Å². The minimum atomic E-state index is -1.29. The molecule has 8 nitrogen and oxygen atoms in total. The monoisotopic (exact) mass is 287 g/mol. The molecule has 0 aromatic rings. The minimum Gasteiger partial charge on any atom is -0.480 e. The number of aliphatic carboxylic acids is 1. The van der Waals surface area contributed by atoms with Gasteiger partial charge in [-0.05, 0) is 26.4 Å². The maximum Gasteiger partial charge on any atom is 0.326 e. The molecule has 20 heavy (non-hydrogen) atoms. The van der Waals surface area contributed by atoms with Gasteiger partial charge in [0.05, 0.1) is 13.5 Å². The van der Waals surface area contributed by atoms with Gasteiger partial charge in [-0.3, -0.25) is 4.79 Å². The Hall–Kier alpha value is -1.83. The molecule has 1 rings (SSSR count). The molecule has 0 aromatic carbocycles. The largest absolute Gasteiger partial charge is 0.480 e. The van der Waals surface area contributed by atoms with Gasteiger partial charge in [-0.15, -0.1) is 0 Å². The predicted octanol–water partition coefficient (Wildman–Crippen LogP) is -0.604. The second-order valence-electron chi connectivity index (χ2n) is 4.80. The number of rotatable bonds is 6. The van der Waals surface area contributed by atoms with E-state index in [0.717, 1.165) is 26.5 Å². The van der Waals surface area contributed by atoms with Crippen LogP contribution in [0.2, 0.25) is 0 Å². The van der Waals surface area contributed by atoms with Crippen LogP contribution >= 0.6 is 0 Å². The summed E-state index contributed by atoms with van der Waals surface area (Å²) < 4.78 is 4.39. The van der Waals surface area contributed by atoms with Gasteiger partial charge >= 0.3 is 18.0 Å². The third-order valence-electron chi connectivity index (χ3n) is 3.37. The normalized spacial score (nSPS) is 20.2. The zero-order valence-electron chi connectivity index (χ0n) is 11.7. The van der Waals surface area contributed by atoms with Crippen LogP contribution in [0.1, 0.15) is 19.3 Å². The van der Waals surface area contributed by atoms with Crippen molar-refractivity contribution in [1.82, 2.24) is 15.5 Å². The number of amides is 2. The Morgan fingerprint density at radius 3 is 2.65 bits per heavy atom. The molecule has 1 heterocycles. The molecule has 1 unspecified atom stereocenters. The average Bonchev–Trinajstić information content (AvgIpc) is 2.80. The van der Waals surface area contributed by atoms with Gasteiger partial charge < -0.3 is 25.4 Å². The fourth-order valence-electron chi connectivity index (χ4n) is 2.11. The standard InChI is InChI=1S/C12H21N3O5/c1-15-5-3-4-8(15)7-13-12(19)14-9(11(17)18)6-10(16)20-2/h8-9H,3-7H2,1-2H3,(H,17,18)(H2,13,14,19)/t8?,9-/m0/s1. The van der Waals surface area contributed by atoms with E-state index < -0.39 is 30.4 Å². The molecule has 8 heteroatoms. The summed E-state index contributed by atoms with van der Waals surface area (Å²) in [4.78, 5) is 35.8. The van der Waals surface area contributed by atoms with Crippen molar-refractivity contribution in [2.24, 2.45) is 0 Å². The number of nitrogens with one attached hydrogen (secondary N) is 2. The van der Waals surface area contributed by atoms with Gasteiger partial charge in [0, 0.05) is 12.6 Å². The number of likely N-dealkylation sites (N-methyl/N-ethyl adjacent to an activating group) is 1. The smallest absolute Gasteiger partial charge is 0.326 e.